The number of hydrogen-bond acceptors (Lipinski definition) is 4. The fourth-order valence-electron chi connectivity index (χ4n) is 1.99. The van der Waals surface area contributed by atoms with E-state index in [2.05, 4.69) is 24.3 Å². The van der Waals surface area contributed by atoms with Crippen molar-refractivity contribution in [3.63, 3.8) is 0 Å². The van der Waals surface area contributed by atoms with Crippen molar-refractivity contribution < 1.29 is 14.3 Å². The van der Waals surface area contributed by atoms with Crippen molar-refractivity contribution >= 4 is 11.7 Å². The number of carbonyl (C=O) groups excluding carboxylic acids is 1. The van der Waals surface area contributed by atoms with Gasteiger partial charge >= 0.3 is 0 Å². The average molecular weight is 303 g/mol. The highest BCUT2D eigenvalue weighted by atomic mass is 16.5. The first kappa shape index (κ1) is 15.9. The zero-order chi connectivity index (χ0) is 15.9. The fourth-order valence-corrected chi connectivity index (χ4v) is 1.99. The van der Waals surface area contributed by atoms with Crippen molar-refractivity contribution in [3.05, 3.63) is 36.5 Å². The molecule has 0 aliphatic heterocycles. The highest BCUT2D eigenvalue weighted by molar-refractivity contribution is 5.91. The highest BCUT2D eigenvalue weighted by Crippen LogP contribution is 2.25. The molecule has 0 radical (unpaired) electrons. The minimum Gasteiger partial charge on any atom is -0.493 e. The maximum Gasteiger partial charge on any atom is 0.263 e. The Hall–Kier alpha value is -2.50. The Morgan fingerprint density at radius 1 is 1.27 bits per heavy atom. The Morgan fingerprint density at radius 2 is 2.00 bits per heavy atom. The van der Waals surface area contributed by atoms with Crippen LogP contribution in [0.2, 0.25) is 0 Å². The lowest BCUT2D eigenvalue weighted by Gasteiger charge is -2.12. The third-order valence-corrected chi connectivity index (χ3v) is 2.95. The Labute approximate surface area is 130 Å². The van der Waals surface area contributed by atoms with Crippen LogP contribution in [0, 0.1) is 5.92 Å². The van der Waals surface area contributed by atoms with Crippen molar-refractivity contribution in [2.45, 2.75) is 20.4 Å². The number of hydrogen-bond donors (Lipinski definition) is 1. The lowest BCUT2D eigenvalue weighted by Crippen LogP contribution is -2.22. The average Bonchev–Trinajstić information content (AvgIpc) is 2.91. The molecule has 0 bridgehead atoms. The van der Waals surface area contributed by atoms with Crippen LogP contribution < -0.4 is 14.8 Å². The van der Waals surface area contributed by atoms with Gasteiger partial charge in [-0.3, -0.25) is 4.79 Å². The van der Waals surface area contributed by atoms with Gasteiger partial charge in [0.15, 0.2) is 18.1 Å². The Kier molecular flexibility index (Phi) is 5.41. The van der Waals surface area contributed by atoms with Gasteiger partial charge in [0.05, 0.1) is 13.3 Å². The molecule has 2 rings (SSSR count). The van der Waals surface area contributed by atoms with Gasteiger partial charge in [-0.25, -0.2) is 4.68 Å². The first-order chi connectivity index (χ1) is 10.6. The quantitative estimate of drug-likeness (QED) is 0.853. The summed E-state index contributed by atoms with van der Waals surface area (Å²) in [5.41, 5.74) is 0. The maximum absolute atomic E-state index is 12.0. The smallest absolute Gasteiger partial charge is 0.263 e. The van der Waals surface area contributed by atoms with Gasteiger partial charge in [0.1, 0.15) is 5.82 Å². The lowest BCUT2D eigenvalue weighted by atomic mass is 10.2. The molecule has 0 fully saturated rings. The summed E-state index contributed by atoms with van der Waals surface area (Å²) in [6.07, 6.45) is 1.67. The van der Waals surface area contributed by atoms with Crippen LogP contribution in [0.1, 0.15) is 13.8 Å². The van der Waals surface area contributed by atoms with E-state index in [0.29, 0.717) is 23.2 Å². The molecule has 2 aromatic rings. The van der Waals surface area contributed by atoms with E-state index in [1.807, 2.05) is 12.1 Å². The van der Waals surface area contributed by atoms with E-state index in [4.69, 9.17) is 9.47 Å². The molecule has 1 aromatic heterocycles. The van der Waals surface area contributed by atoms with E-state index in [1.165, 1.54) is 0 Å². The van der Waals surface area contributed by atoms with Gasteiger partial charge in [0, 0.05) is 12.6 Å². The minimum atomic E-state index is -0.239. The molecule has 0 atom stereocenters. The molecule has 1 heterocycles. The molecule has 0 saturated carbocycles. The monoisotopic (exact) mass is 303 g/mol. The van der Waals surface area contributed by atoms with Crippen LogP contribution in [0.5, 0.6) is 11.5 Å². The van der Waals surface area contributed by atoms with Crippen LogP contribution in [0.3, 0.4) is 0 Å². The predicted octanol–water partition coefficient (Wildman–Crippen LogP) is 2.57. The fraction of sp³-hybridized carbons (Fsp3) is 0.375. The molecule has 0 saturated heterocycles. The van der Waals surface area contributed by atoms with Gasteiger partial charge in [-0.05, 0) is 18.1 Å². The molecule has 0 spiro atoms. The van der Waals surface area contributed by atoms with Crippen molar-refractivity contribution in [2.24, 2.45) is 5.92 Å². The van der Waals surface area contributed by atoms with E-state index < -0.39 is 0 Å². The van der Waals surface area contributed by atoms with Crippen LogP contribution in [0.25, 0.3) is 0 Å². The number of benzene rings is 1. The third-order valence-electron chi connectivity index (χ3n) is 2.95. The number of nitrogens with zero attached hydrogens (tertiary/aromatic N) is 2. The van der Waals surface area contributed by atoms with Crippen molar-refractivity contribution in [1.82, 2.24) is 9.78 Å². The number of aromatic nitrogens is 2. The van der Waals surface area contributed by atoms with Gasteiger partial charge < -0.3 is 14.8 Å². The van der Waals surface area contributed by atoms with Crippen LogP contribution >= 0.6 is 0 Å². The summed E-state index contributed by atoms with van der Waals surface area (Å²) >= 11 is 0. The second kappa shape index (κ2) is 7.49. The molecule has 22 heavy (non-hydrogen) atoms. The number of nitrogens with one attached hydrogen (secondary N) is 1. The molecule has 6 heteroatoms. The summed E-state index contributed by atoms with van der Waals surface area (Å²) in [6.45, 7) is 4.85. The summed E-state index contributed by atoms with van der Waals surface area (Å²) in [5.74, 6) is 2.01. The minimum absolute atomic E-state index is 0.0900. The van der Waals surface area contributed by atoms with E-state index in [0.717, 1.165) is 6.54 Å². The summed E-state index contributed by atoms with van der Waals surface area (Å²) in [6, 6.07) is 8.98. The molecule has 1 N–H and O–H groups in total. The van der Waals surface area contributed by atoms with Crippen molar-refractivity contribution in [2.75, 3.05) is 19.0 Å². The number of methoxy groups -OCH3 is 1. The predicted molar refractivity (Wildman–Crippen MR) is 84.2 cm³/mol. The summed E-state index contributed by atoms with van der Waals surface area (Å²) in [7, 11) is 1.56. The molecule has 0 unspecified atom stereocenters. The van der Waals surface area contributed by atoms with Gasteiger partial charge in [0.25, 0.3) is 5.91 Å². The second-order valence-electron chi connectivity index (χ2n) is 5.28. The standard InChI is InChI=1S/C16H21N3O3/c1-12(2)10-19-15(8-9-17-19)18-16(20)11-22-14-7-5-4-6-13(14)21-3/h4-9,12H,10-11H2,1-3H3,(H,18,20). The van der Waals surface area contributed by atoms with Crippen LogP contribution in [-0.2, 0) is 11.3 Å². The Morgan fingerprint density at radius 3 is 2.68 bits per heavy atom. The molecule has 6 nitrogen and oxygen atoms in total. The number of carbonyl (C=O) groups is 1. The molecular weight excluding hydrogens is 282 g/mol. The van der Waals surface area contributed by atoms with Gasteiger partial charge in [-0.1, -0.05) is 26.0 Å². The Balaban J connectivity index is 1.92. The summed E-state index contributed by atoms with van der Waals surface area (Å²) in [5, 5.41) is 7.00. The van der Waals surface area contributed by atoms with Crippen LogP contribution in [0.4, 0.5) is 5.82 Å². The molecule has 1 aromatic carbocycles. The van der Waals surface area contributed by atoms with Crippen LogP contribution in [0.15, 0.2) is 36.5 Å². The summed E-state index contributed by atoms with van der Waals surface area (Å²) < 4.78 is 12.4. The summed E-state index contributed by atoms with van der Waals surface area (Å²) in [4.78, 5) is 12.0. The number of rotatable bonds is 7. The van der Waals surface area contributed by atoms with Crippen molar-refractivity contribution in [3.8, 4) is 11.5 Å². The van der Waals surface area contributed by atoms with E-state index in [-0.39, 0.29) is 12.5 Å². The largest absolute Gasteiger partial charge is 0.493 e. The molecule has 1 amide bonds. The van der Waals surface area contributed by atoms with Gasteiger partial charge in [-0.2, -0.15) is 5.10 Å². The topological polar surface area (TPSA) is 65.4 Å². The van der Waals surface area contributed by atoms with E-state index >= 15 is 0 Å². The lowest BCUT2D eigenvalue weighted by molar-refractivity contribution is -0.118. The molecule has 0 aliphatic rings. The normalized spacial score (nSPS) is 10.5. The molecule has 0 aliphatic carbocycles. The van der Waals surface area contributed by atoms with E-state index in [1.54, 1.807) is 36.2 Å². The zero-order valence-corrected chi connectivity index (χ0v) is 13.1. The third kappa shape index (κ3) is 4.25. The number of anilines is 1. The first-order valence-electron chi connectivity index (χ1n) is 7.17. The first-order valence-corrected chi connectivity index (χ1v) is 7.17. The molecular formula is C16H21N3O3. The Bertz CT molecular complexity index is 623. The highest BCUT2D eigenvalue weighted by Gasteiger charge is 2.10. The number of ether oxygens (including phenoxy) is 2. The SMILES string of the molecule is COc1ccccc1OCC(=O)Nc1ccnn1CC(C)C. The number of amides is 1. The van der Waals surface area contributed by atoms with E-state index in [9.17, 15) is 4.79 Å². The van der Waals surface area contributed by atoms with Crippen molar-refractivity contribution in [1.29, 1.82) is 0 Å². The second-order valence-corrected chi connectivity index (χ2v) is 5.28. The number of para-hydroxylation sites is 2. The zero-order valence-electron chi connectivity index (χ0n) is 13.1. The van der Waals surface area contributed by atoms with Gasteiger partial charge in [0.2, 0.25) is 0 Å². The van der Waals surface area contributed by atoms with Gasteiger partial charge in [-0.15, -0.1) is 0 Å². The molecule has 118 valence electrons. The maximum atomic E-state index is 12.0. The van der Waals surface area contributed by atoms with Crippen LogP contribution in [-0.4, -0.2) is 29.4 Å².